The Morgan fingerprint density at radius 2 is 1.93 bits per heavy atom. The van der Waals surface area contributed by atoms with E-state index < -0.39 is 0 Å². The summed E-state index contributed by atoms with van der Waals surface area (Å²) in [7, 11) is 0. The lowest BCUT2D eigenvalue weighted by Crippen LogP contribution is -2.56. The van der Waals surface area contributed by atoms with Crippen molar-refractivity contribution in [3.8, 4) is 0 Å². The molecule has 0 saturated carbocycles. The Morgan fingerprint density at radius 1 is 1.17 bits per heavy atom. The number of H-pyrrole nitrogens is 1. The van der Waals surface area contributed by atoms with Crippen LogP contribution in [0.5, 0.6) is 0 Å². The Hall–Kier alpha value is -2.50. The molecule has 1 spiro atoms. The molecule has 1 fully saturated rings. The molecule has 5 nitrogen and oxygen atoms in total. The number of rotatable bonds is 2. The number of amides is 2. The highest BCUT2D eigenvalue weighted by atomic mass is 35.5. The Kier molecular flexibility index (Phi) is 4.95. The van der Waals surface area contributed by atoms with Gasteiger partial charge < -0.3 is 20.5 Å². The van der Waals surface area contributed by atoms with Gasteiger partial charge in [0.2, 0.25) is 0 Å². The summed E-state index contributed by atoms with van der Waals surface area (Å²) < 4.78 is 0. The lowest BCUT2D eigenvalue weighted by atomic mass is 9.79. The van der Waals surface area contributed by atoms with Crippen LogP contribution in [0.1, 0.15) is 42.6 Å². The Bertz CT molecular complexity index is 1070. The highest BCUT2D eigenvalue weighted by Crippen LogP contribution is 2.40. The van der Waals surface area contributed by atoms with Crippen molar-refractivity contribution in [3.63, 3.8) is 0 Å². The molecule has 0 unspecified atom stereocenters. The van der Waals surface area contributed by atoms with E-state index in [0.29, 0.717) is 0 Å². The van der Waals surface area contributed by atoms with Gasteiger partial charge >= 0.3 is 6.03 Å². The van der Waals surface area contributed by atoms with E-state index >= 15 is 0 Å². The minimum Gasteiger partial charge on any atom is -0.357 e. The van der Waals surface area contributed by atoms with Gasteiger partial charge in [0.25, 0.3) is 0 Å². The molecule has 2 aliphatic heterocycles. The maximum atomic E-state index is 12.8. The average molecular weight is 423 g/mol. The third-order valence-electron chi connectivity index (χ3n) is 6.73. The lowest BCUT2D eigenvalue weighted by Gasteiger charge is -2.45. The number of hydrogen-bond donors (Lipinski definition) is 3. The van der Waals surface area contributed by atoms with Crippen molar-refractivity contribution in [3.05, 3.63) is 70.4 Å². The Labute approximate surface area is 181 Å². The van der Waals surface area contributed by atoms with Crippen LogP contribution in [0.15, 0.2) is 48.5 Å². The molecule has 6 heteroatoms. The van der Waals surface area contributed by atoms with Crippen molar-refractivity contribution in [2.75, 3.05) is 19.6 Å². The topological polar surface area (TPSA) is 60.2 Å². The molecule has 2 aliphatic rings. The normalized spacial score (nSPS) is 18.9. The summed E-state index contributed by atoms with van der Waals surface area (Å²) >= 11 is 6.25. The first-order valence-corrected chi connectivity index (χ1v) is 11.1. The first kappa shape index (κ1) is 19.5. The molecule has 3 aromatic rings. The van der Waals surface area contributed by atoms with E-state index in [-0.39, 0.29) is 17.6 Å². The van der Waals surface area contributed by atoms with E-state index in [4.69, 9.17) is 11.6 Å². The van der Waals surface area contributed by atoms with Gasteiger partial charge in [0.15, 0.2) is 0 Å². The van der Waals surface area contributed by atoms with Crippen LogP contribution in [0.4, 0.5) is 4.79 Å². The van der Waals surface area contributed by atoms with Crippen LogP contribution < -0.4 is 10.6 Å². The molecule has 1 aromatic heterocycles. The van der Waals surface area contributed by atoms with Crippen LogP contribution >= 0.6 is 11.6 Å². The van der Waals surface area contributed by atoms with Crippen molar-refractivity contribution < 1.29 is 4.79 Å². The van der Waals surface area contributed by atoms with Gasteiger partial charge in [-0.2, -0.15) is 0 Å². The molecule has 2 aromatic carbocycles. The van der Waals surface area contributed by atoms with Gasteiger partial charge in [-0.15, -0.1) is 0 Å². The first-order chi connectivity index (χ1) is 14.6. The van der Waals surface area contributed by atoms with Gasteiger partial charge in [0, 0.05) is 41.3 Å². The van der Waals surface area contributed by atoms with Crippen LogP contribution in [0.2, 0.25) is 5.02 Å². The summed E-state index contributed by atoms with van der Waals surface area (Å²) in [5, 5.41) is 8.92. The highest BCUT2D eigenvalue weighted by molar-refractivity contribution is 6.31. The third-order valence-corrected chi connectivity index (χ3v) is 6.96. The zero-order chi connectivity index (χ0) is 20.7. The summed E-state index contributed by atoms with van der Waals surface area (Å²) in [4.78, 5) is 18.5. The van der Waals surface area contributed by atoms with Crippen molar-refractivity contribution in [2.45, 2.75) is 37.8 Å². The SMILES string of the molecule is C[C@H](NC(=O)N1CCC2(CC1)NCCc1c2[nH]c2ccc(Cl)cc12)c1ccccc1. The number of aromatic amines is 1. The summed E-state index contributed by atoms with van der Waals surface area (Å²) in [5.74, 6) is 0. The smallest absolute Gasteiger partial charge is 0.317 e. The highest BCUT2D eigenvalue weighted by Gasteiger charge is 2.42. The fourth-order valence-corrected chi connectivity index (χ4v) is 5.20. The molecule has 3 heterocycles. The number of urea groups is 1. The number of nitrogens with one attached hydrogen (secondary N) is 3. The van der Waals surface area contributed by atoms with Crippen LogP contribution in [-0.2, 0) is 12.0 Å². The van der Waals surface area contributed by atoms with Crippen molar-refractivity contribution in [2.24, 2.45) is 0 Å². The Morgan fingerprint density at radius 3 is 2.70 bits per heavy atom. The van der Waals surface area contributed by atoms with Crippen LogP contribution in [0.25, 0.3) is 10.9 Å². The summed E-state index contributed by atoms with van der Waals surface area (Å²) in [6, 6.07) is 16.2. The molecule has 2 amide bonds. The van der Waals surface area contributed by atoms with E-state index in [9.17, 15) is 4.79 Å². The predicted octanol–water partition coefficient (Wildman–Crippen LogP) is 4.73. The lowest BCUT2D eigenvalue weighted by molar-refractivity contribution is 0.133. The van der Waals surface area contributed by atoms with Gasteiger partial charge in [-0.3, -0.25) is 0 Å². The quantitative estimate of drug-likeness (QED) is 0.559. The van der Waals surface area contributed by atoms with E-state index in [1.807, 2.05) is 48.2 Å². The van der Waals surface area contributed by atoms with Crippen LogP contribution in [-0.4, -0.2) is 35.5 Å². The largest absolute Gasteiger partial charge is 0.357 e. The number of aromatic nitrogens is 1. The molecule has 0 radical (unpaired) electrons. The van der Waals surface area contributed by atoms with E-state index in [1.165, 1.54) is 16.6 Å². The van der Waals surface area contributed by atoms with E-state index in [0.717, 1.165) is 55.0 Å². The monoisotopic (exact) mass is 422 g/mol. The zero-order valence-corrected chi connectivity index (χ0v) is 17.9. The maximum absolute atomic E-state index is 12.8. The zero-order valence-electron chi connectivity index (χ0n) is 17.2. The molecular formula is C24H27ClN4O. The van der Waals surface area contributed by atoms with E-state index in [2.05, 4.69) is 27.8 Å². The number of piperidine rings is 1. The van der Waals surface area contributed by atoms with E-state index in [1.54, 1.807) is 0 Å². The van der Waals surface area contributed by atoms with Crippen LogP contribution in [0, 0.1) is 0 Å². The number of fused-ring (bicyclic) bond motifs is 4. The van der Waals surface area contributed by atoms with Crippen molar-refractivity contribution in [1.82, 2.24) is 20.5 Å². The van der Waals surface area contributed by atoms with Gasteiger partial charge in [-0.25, -0.2) is 4.79 Å². The van der Waals surface area contributed by atoms with Crippen molar-refractivity contribution in [1.29, 1.82) is 0 Å². The average Bonchev–Trinajstić information content (AvgIpc) is 3.14. The number of halogens is 1. The molecule has 5 rings (SSSR count). The fraction of sp³-hybridized carbons (Fsp3) is 0.375. The number of nitrogens with zero attached hydrogens (tertiary/aromatic N) is 1. The van der Waals surface area contributed by atoms with Gasteiger partial charge in [-0.05, 0) is 55.5 Å². The van der Waals surface area contributed by atoms with Crippen molar-refractivity contribution >= 4 is 28.5 Å². The molecule has 156 valence electrons. The summed E-state index contributed by atoms with van der Waals surface area (Å²) in [6.07, 6.45) is 2.79. The number of benzene rings is 2. The second-order valence-corrected chi connectivity index (χ2v) is 8.93. The molecule has 1 saturated heterocycles. The molecule has 3 N–H and O–H groups in total. The molecule has 0 aliphatic carbocycles. The second-order valence-electron chi connectivity index (χ2n) is 8.50. The number of carbonyl (C=O) groups is 1. The van der Waals surface area contributed by atoms with Gasteiger partial charge in [0.05, 0.1) is 11.6 Å². The number of carbonyl (C=O) groups excluding carboxylic acids is 1. The van der Waals surface area contributed by atoms with Crippen LogP contribution in [0.3, 0.4) is 0 Å². The first-order valence-electron chi connectivity index (χ1n) is 10.7. The van der Waals surface area contributed by atoms with Gasteiger partial charge in [-0.1, -0.05) is 41.9 Å². The molecule has 0 bridgehead atoms. The molecule has 1 atom stereocenters. The fourth-order valence-electron chi connectivity index (χ4n) is 5.02. The number of hydrogen-bond acceptors (Lipinski definition) is 2. The summed E-state index contributed by atoms with van der Waals surface area (Å²) in [6.45, 7) is 4.44. The summed E-state index contributed by atoms with van der Waals surface area (Å²) in [5.41, 5.74) is 4.82. The van der Waals surface area contributed by atoms with Gasteiger partial charge in [0.1, 0.15) is 0 Å². The minimum atomic E-state index is -0.0963. The predicted molar refractivity (Wildman–Crippen MR) is 121 cm³/mol. The second kappa shape index (κ2) is 7.64. The molecule has 30 heavy (non-hydrogen) atoms. The Balaban J connectivity index is 1.31. The molecular weight excluding hydrogens is 396 g/mol. The maximum Gasteiger partial charge on any atom is 0.317 e. The number of likely N-dealkylation sites (tertiary alicyclic amines) is 1. The minimum absolute atomic E-state index is 0.00699. The standard InChI is InChI=1S/C24H27ClN4O/c1-16(17-5-3-2-4-6-17)27-23(30)29-13-10-24(11-14-29)22-19(9-12-26-24)20-15-18(25)7-8-21(20)28-22/h2-8,15-16,26,28H,9-14H2,1H3,(H,27,30)/t16-/m0/s1. The third kappa shape index (κ3) is 3.36.